The summed E-state index contributed by atoms with van der Waals surface area (Å²) in [6.45, 7) is 1.08. The maximum atomic E-state index is 9.51. The topological polar surface area (TPSA) is 74.6 Å². The molecule has 0 rings (SSSR count). The molecule has 60 valence electrons. The molecule has 2 N–H and O–H groups in total. The van der Waals surface area contributed by atoms with Crippen LogP contribution in [0.5, 0.6) is 0 Å². The zero-order chi connectivity index (χ0) is 8.57. The maximum absolute atomic E-state index is 9.51. The number of hydrogen-bond donors (Lipinski definition) is 2. The Morgan fingerprint density at radius 2 is 1.70 bits per heavy atom. The van der Waals surface area contributed by atoms with E-state index in [2.05, 4.69) is 0 Å². The molecule has 0 aromatic carbocycles. The first-order chi connectivity index (χ1) is 4.50. The quantitative estimate of drug-likeness (QED) is 0.598. The molecule has 0 bridgehead atoms. The Kier molecular flexibility index (Phi) is 9.84. The van der Waals surface area contributed by atoms with Gasteiger partial charge in [-0.1, -0.05) is 0 Å². The van der Waals surface area contributed by atoms with Crippen molar-refractivity contribution in [1.29, 1.82) is 0 Å². The third kappa shape index (κ3) is 56.4. The first-order valence-electron chi connectivity index (χ1n) is 2.48. The Hall–Kier alpha value is -0.770. The molecule has 4 nitrogen and oxygen atoms in total. The number of rotatable bonds is 2. The summed E-state index contributed by atoms with van der Waals surface area (Å²) in [6, 6.07) is 0. The molecule has 0 saturated heterocycles. The normalized spacial score (nSPS) is 7.40. The van der Waals surface area contributed by atoms with Gasteiger partial charge in [-0.05, 0) is 0 Å². The number of halogens is 1. The zero-order valence-corrected chi connectivity index (χ0v) is 6.26. The van der Waals surface area contributed by atoms with Gasteiger partial charge in [-0.2, -0.15) is 0 Å². The van der Waals surface area contributed by atoms with Crippen molar-refractivity contribution in [3.05, 3.63) is 0 Å². The van der Waals surface area contributed by atoms with Gasteiger partial charge < -0.3 is 10.2 Å². The van der Waals surface area contributed by atoms with Gasteiger partial charge in [0.1, 0.15) is 0 Å². The Labute approximate surface area is 63.4 Å². The van der Waals surface area contributed by atoms with E-state index >= 15 is 0 Å². The van der Waals surface area contributed by atoms with E-state index in [0.717, 1.165) is 6.92 Å². The van der Waals surface area contributed by atoms with Crippen LogP contribution in [0, 0.1) is 0 Å². The Morgan fingerprint density at radius 3 is 1.70 bits per heavy atom. The predicted molar refractivity (Wildman–Crippen MR) is 36.3 cm³/mol. The van der Waals surface area contributed by atoms with Crippen molar-refractivity contribution in [1.82, 2.24) is 0 Å². The van der Waals surface area contributed by atoms with E-state index in [9.17, 15) is 4.79 Å². The van der Waals surface area contributed by atoms with Crippen LogP contribution >= 0.6 is 11.6 Å². The summed E-state index contributed by atoms with van der Waals surface area (Å²) in [7, 11) is 0. The van der Waals surface area contributed by atoms with Crippen LogP contribution in [0.1, 0.15) is 13.3 Å². The van der Waals surface area contributed by atoms with Gasteiger partial charge in [-0.25, -0.2) is 0 Å². The van der Waals surface area contributed by atoms with Crippen LogP contribution in [0.15, 0.2) is 0 Å². The molecular weight excluding hydrogens is 160 g/mol. The third-order valence-electron chi connectivity index (χ3n) is 0.308. The molecule has 0 aliphatic rings. The van der Waals surface area contributed by atoms with Gasteiger partial charge in [-0.3, -0.25) is 9.59 Å². The number of hydrogen-bond acceptors (Lipinski definition) is 2. The molecule has 0 fully saturated rings. The summed E-state index contributed by atoms with van der Waals surface area (Å²) in [5.41, 5.74) is 0. The molecule has 0 radical (unpaired) electrons. The van der Waals surface area contributed by atoms with Crippen LogP contribution in [-0.2, 0) is 9.59 Å². The lowest BCUT2D eigenvalue weighted by molar-refractivity contribution is -0.136. The van der Waals surface area contributed by atoms with E-state index in [1.807, 2.05) is 0 Å². The van der Waals surface area contributed by atoms with E-state index < -0.39 is 11.9 Å². The summed E-state index contributed by atoms with van der Waals surface area (Å²) >= 11 is 5.02. The van der Waals surface area contributed by atoms with Crippen LogP contribution in [0.25, 0.3) is 0 Å². The summed E-state index contributed by atoms with van der Waals surface area (Å²) in [6.07, 6.45) is 0.0571. The van der Waals surface area contributed by atoms with Gasteiger partial charge >= 0.3 is 5.97 Å². The first kappa shape index (κ1) is 12.0. The van der Waals surface area contributed by atoms with Crippen molar-refractivity contribution in [3.8, 4) is 0 Å². The molecule has 0 aliphatic carbocycles. The molecule has 5 heteroatoms. The van der Waals surface area contributed by atoms with Gasteiger partial charge in [0.05, 0.1) is 6.42 Å². The highest BCUT2D eigenvalue weighted by Crippen LogP contribution is 1.80. The lowest BCUT2D eigenvalue weighted by Gasteiger charge is -1.78. The summed E-state index contributed by atoms with van der Waals surface area (Å²) in [5, 5.41) is 15.2. The second-order valence-electron chi connectivity index (χ2n) is 1.35. The van der Waals surface area contributed by atoms with Crippen LogP contribution in [0.2, 0.25) is 0 Å². The Morgan fingerprint density at radius 1 is 1.40 bits per heavy atom. The fraction of sp³-hybridized carbons (Fsp3) is 0.600. The standard InChI is InChI=1S/C3H5ClO2.C2H4O2/c4-2-1-3(5)6;1-2(3)4/h1-2H2,(H,5,6);1H3,(H,3,4). The molecule has 0 aliphatic heterocycles. The van der Waals surface area contributed by atoms with Crippen LogP contribution in [0.3, 0.4) is 0 Å². The van der Waals surface area contributed by atoms with Gasteiger partial charge in [0.25, 0.3) is 5.97 Å². The predicted octanol–water partition coefficient (Wildman–Crippen LogP) is 0.791. The Bertz CT molecular complexity index is 108. The van der Waals surface area contributed by atoms with Crippen molar-refractivity contribution in [2.75, 3.05) is 5.88 Å². The average Bonchev–Trinajstić information content (AvgIpc) is 1.62. The molecule has 0 spiro atoms. The van der Waals surface area contributed by atoms with Crippen molar-refractivity contribution in [2.45, 2.75) is 13.3 Å². The summed E-state index contributed by atoms with van der Waals surface area (Å²) in [4.78, 5) is 18.5. The monoisotopic (exact) mass is 168 g/mol. The van der Waals surface area contributed by atoms with Gasteiger partial charge in [-0.15, -0.1) is 11.6 Å². The van der Waals surface area contributed by atoms with Crippen LogP contribution in [0.4, 0.5) is 0 Å². The van der Waals surface area contributed by atoms with Crippen molar-refractivity contribution < 1.29 is 19.8 Å². The summed E-state index contributed by atoms with van der Waals surface area (Å²) in [5.74, 6) is -1.47. The minimum Gasteiger partial charge on any atom is -0.481 e. The van der Waals surface area contributed by atoms with E-state index in [0.29, 0.717) is 0 Å². The van der Waals surface area contributed by atoms with Crippen molar-refractivity contribution in [2.24, 2.45) is 0 Å². The van der Waals surface area contributed by atoms with E-state index in [4.69, 9.17) is 26.6 Å². The van der Waals surface area contributed by atoms with E-state index in [1.54, 1.807) is 0 Å². The number of carboxylic acids is 2. The minimum atomic E-state index is -0.843. The minimum absolute atomic E-state index is 0.0571. The zero-order valence-electron chi connectivity index (χ0n) is 5.50. The molecule has 0 saturated carbocycles. The molecule has 0 heterocycles. The number of alkyl halides is 1. The number of carbonyl (C=O) groups is 2. The highest BCUT2D eigenvalue weighted by atomic mass is 35.5. The second-order valence-corrected chi connectivity index (χ2v) is 1.73. The Balaban J connectivity index is 0. The van der Waals surface area contributed by atoms with Gasteiger partial charge in [0.15, 0.2) is 0 Å². The van der Waals surface area contributed by atoms with E-state index in [-0.39, 0.29) is 12.3 Å². The van der Waals surface area contributed by atoms with Gasteiger partial charge in [0.2, 0.25) is 0 Å². The van der Waals surface area contributed by atoms with Crippen LogP contribution in [-0.4, -0.2) is 28.0 Å². The molecule has 0 amide bonds. The lowest BCUT2D eigenvalue weighted by Crippen LogP contribution is -1.93. The smallest absolute Gasteiger partial charge is 0.304 e. The fourth-order valence-electron chi connectivity index (χ4n) is 0.0808. The SMILES string of the molecule is CC(=O)O.O=C(O)CCCl. The van der Waals surface area contributed by atoms with Crippen LogP contribution < -0.4 is 0 Å². The fourth-order valence-corrected chi connectivity index (χ4v) is 0.243. The highest BCUT2D eigenvalue weighted by molar-refractivity contribution is 6.18. The largest absolute Gasteiger partial charge is 0.481 e. The van der Waals surface area contributed by atoms with Crippen molar-refractivity contribution in [3.63, 3.8) is 0 Å². The van der Waals surface area contributed by atoms with Gasteiger partial charge in [0, 0.05) is 12.8 Å². The third-order valence-corrected chi connectivity index (χ3v) is 0.497. The first-order valence-corrected chi connectivity index (χ1v) is 3.01. The molecular formula is C5H9ClO4. The molecule has 0 unspecified atom stereocenters. The lowest BCUT2D eigenvalue weighted by atomic mass is 10.5. The molecule has 10 heavy (non-hydrogen) atoms. The molecule has 0 atom stereocenters. The second kappa shape index (κ2) is 8.23. The van der Waals surface area contributed by atoms with E-state index in [1.165, 1.54) is 0 Å². The number of carboxylic acid groups (broad SMARTS) is 2. The average molecular weight is 169 g/mol. The van der Waals surface area contributed by atoms with Crippen molar-refractivity contribution >= 4 is 23.5 Å². The molecule has 0 aromatic rings. The summed E-state index contributed by atoms with van der Waals surface area (Å²) < 4.78 is 0. The highest BCUT2D eigenvalue weighted by Gasteiger charge is 1.89. The maximum Gasteiger partial charge on any atom is 0.304 e. The molecule has 0 aromatic heterocycles. The number of aliphatic carboxylic acids is 2.